The van der Waals surface area contributed by atoms with E-state index >= 15 is 0 Å². The van der Waals surface area contributed by atoms with Gasteiger partial charge in [0, 0.05) is 5.56 Å². The van der Waals surface area contributed by atoms with Crippen LogP contribution in [0.3, 0.4) is 0 Å². The van der Waals surface area contributed by atoms with Crippen molar-refractivity contribution in [2.45, 2.75) is 20.0 Å². The molecule has 0 saturated heterocycles. The van der Waals surface area contributed by atoms with Crippen molar-refractivity contribution >= 4 is 11.8 Å². The lowest BCUT2D eigenvalue weighted by molar-refractivity contribution is -0.908. The van der Waals surface area contributed by atoms with Crippen LogP contribution in [-0.2, 0) is 17.8 Å². The Morgan fingerprint density at radius 2 is 2.04 bits per heavy atom. The summed E-state index contributed by atoms with van der Waals surface area (Å²) in [6.45, 7) is 3.17. The molecule has 136 valence electrons. The number of hydrogen-bond acceptors (Lipinski definition) is 8. The number of nitrogen functional groups attached to an aromatic ring is 1. The molecule has 0 aliphatic rings. The Bertz CT molecular complexity index is 875. The second-order valence-electron chi connectivity index (χ2n) is 5.79. The molecule has 0 radical (unpaired) electrons. The topological polar surface area (TPSA) is 126 Å². The van der Waals surface area contributed by atoms with Gasteiger partial charge < -0.3 is 15.4 Å². The zero-order valence-corrected chi connectivity index (χ0v) is 14.5. The number of aromatic nitrogens is 5. The minimum atomic E-state index is -0.545. The predicted octanol–water partition coefficient (Wildman–Crippen LogP) is -0.376. The van der Waals surface area contributed by atoms with Gasteiger partial charge in [-0.2, -0.15) is 4.68 Å². The Balaban J connectivity index is 1.91. The number of nitrogens with zero attached hydrogens (tertiary/aromatic N) is 5. The van der Waals surface area contributed by atoms with Crippen LogP contribution in [0.2, 0.25) is 0 Å². The normalized spacial score (nSPS) is 12.1. The lowest BCUT2D eigenvalue weighted by atomic mass is 10.2. The molecule has 0 aliphatic heterocycles. The van der Waals surface area contributed by atoms with Crippen molar-refractivity contribution in [3.63, 3.8) is 0 Å². The molecule has 2 aromatic heterocycles. The maximum atomic E-state index is 12.2. The van der Waals surface area contributed by atoms with Crippen molar-refractivity contribution < 1.29 is 19.1 Å². The number of carbonyl (C=O) groups is 1. The summed E-state index contributed by atoms with van der Waals surface area (Å²) in [7, 11) is 2.00. The molecule has 0 amide bonds. The van der Waals surface area contributed by atoms with E-state index < -0.39 is 5.97 Å². The first kappa shape index (κ1) is 17.5. The maximum Gasteiger partial charge on any atom is 0.361 e. The molecule has 0 bridgehead atoms. The van der Waals surface area contributed by atoms with Crippen molar-refractivity contribution in [3.8, 4) is 5.82 Å². The quantitative estimate of drug-likeness (QED) is 0.548. The molecule has 0 saturated carbocycles. The highest BCUT2D eigenvalue weighted by Gasteiger charge is 2.27. The van der Waals surface area contributed by atoms with Crippen molar-refractivity contribution in [2.75, 3.05) is 19.4 Å². The highest BCUT2D eigenvalue weighted by Crippen LogP contribution is 2.15. The third-order valence-electron chi connectivity index (χ3n) is 3.75. The summed E-state index contributed by atoms with van der Waals surface area (Å²) in [5.41, 5.74) is 7.59. The number of nitrogens with two attached hydrogens (primary N) is 1. The average Bonchev–Trinajstić information content (AvgIpc) is 3.22. The molecule has 0 spiro atoms. The van der Waals surface area contributed by atoms with Gasteiger partial charge in [0.15, 0.2) is 5.69 Å². The molecule has 10 nitrogen and oxygen atoms in total. The standard InChI is InChI=1S/C16H19N7O3/c1-3-25-16(24)13-12(10-22(2)9-11-7-5-4-6-8-11)23(21-18-13)15-14(17)19-26-20-15/h4-8H,3,9-10H2,1-2H3,(H2,17,19)/p+1. The first-order valence-corrected chi connectivity index (χ1v) is 8.15. The molecule has 10 heteroatoms. The van der Waals surface area contributed by atoms with Crippen molar-refractivity contribution in [1.82, 2.24) is 25.3 Å². The summed E-state index contributed by atoms with van der Waals surface area (Å²) in [5, 5.41) is 15.2. The number of quaternary nitrogens is 1. The molecule has 0 fully saturated rings. The van der Waals surface area contributed by atoms with Gasteiger partial charge in [0.1, 0.15) is 18.8 Å². The van der Waals surface area contributed by atoms with Gasteiger partial charge in [-0.1, -0.05) is 35.5 Å². The summed E-state index contributed by atoms with van der Waals surface area (Å²) >= 11 is 0. The Labute approximate surface area is 149 Å². The Kier molecular flexibility index (Phi) is 5.23. The fraction of sp³-hybridized carbons (Fsp3) is 0.312. The maximum absolute atomic E-state index is 12.2. The van der Waals surface area contributed by atoms with E-state index in [-0.39, 0.29) is 23.9 Å². The number of hydrogen-bond donors (Lipinski definition) is 2. The molecule has 26 heavy (non-hydrogen) atoms. The van der Waals surface area contributed by atoms with Crippen LogP contribution in [0.15, 0.2) is 35.0 Å². The fourth-order valence-corrected chi connectivity index (χ4v) is 2.62. The smallest absolute Gasteiger partial charge is 0.361 e. The zero-order chi connectivity index (χ0) is 18.5. The Hall–Kier alpha value is -3.27. The van der Waals surface area contributed by atoms with Gasteiger partial charge in [0.05, 0.1) is 13.7 Å². The molecular weight excluding hydrogens is 338 g/mol. The van der Waals surface area contributed by atoms with E-state index in [4.69, 9.17) is 10.5 Å². The van der Waals surface area contributed by atoms with Crippen LogP contribution in [-0.4, -0.2) is 44.9 Å². The fourth-order valence-electron chi connectivity index (χ4n) is 2.62. The first-order chi connectivity index (χ1) is 12.6. The van der Waals surface area contributed by atoms with Crippen LogP contribution < -0.4 is 10.6 Å². The number of nitrogens with one attached hydrogen (secondary N) is 1. The molecule has 1 aromatic carbocycles. The summed E-state index contributed by atoms with van der Waals surface area (Å²) in [6, 6.07) is 10.0. The first-order valence-electron chi connectivity index (χ1n) is 8.15. The molecule has 0 aliphatic carbocycles. The van der Waals surface area contributed by atoms with Crippen LogP contribution in [0, 0.1) is 0 Å². The van der Waals surface area contributed by atoms with Crippen molar-refractivity contribution in [2.24, 2.45) is 0 Å². The van der Waals surface area contributed by atoms with Crippen LogP contribution in [0.1, 0.15) is 28.7 Å². The second kappa shape index (κ2) is 7.74. The van der Waals surface area contributed by atoms with Crippen molar-refractivity contribution in [1.29, 1.82) is 0 Å². The van der Waals surface area contributed by atoms with Gasteiger partial charge in [-0.25, -0.2) is 9.42 Å². The van der Waals surface area contributed by atoms with E-state index in [2.05, 4.69) is 25.3 Å². The number of esters is 1. The molecule has 3 aromatic rings. The highest BCUT2D eigenvalue weighted by atomic mass is 16.6. The van der Waals surface area contributed by atoms with Gasteiger partial charge in [-0.05, 0) is 17.2 Å². The predicted molar refractivity (Wildman–Crippen MR) is 90.3 cm³/mol. The number of anilines is 1. The van der Waals surface area contributed by atoms with E-state index in [9.17, 15) is 4.79 Å². The minimum absolute atomic E-state index is 0.0623. The van der Waals surface area contributed by atoms with Gasteiger partial charge in [0.2, 0.25) is 11.6 Å². The highest BCUT2D eigenvalue weighted by molar-refractivity contribution is 5.88. The van der Waals surface area contributed by atoms with Gasteiger partial charge >= 0.3 is 5.97 Å². The van der Waals surface area contributed by atoms with Crippen LogP contribution in [0.5, 0.6) is 0 Å². The van der Waals surface area contributed by atoms with Gasteiger partial charge in [-0.3, -0.25) is 0 Å². The number of rotatable bonds is 7. The summed E-state index contributed by atoms with van der Waals surface area (Å²) in [6.07, 6.45) is 0. The molecular formula is C16H20N7O3+. The van der Waals surface area contributed by atoms with E-state index in [1.807, 2.05) is 37.4 Å². The lowest BCUT2D eigenvalue weighted by Gasteiger charge is -2.15. The zero-order valence-electron chi connectivity index (χ0n) is 14.5. The van der Waals surface area contributed by atoms with Crippen LogP contribution >= 0.6 is 0 Å². The number of benzene rings is 1. The van der Waals surface area contributed by atoms with E-state index in [0.717, 1.165) is 11.4 Å². The largest absolute Gasteiger partial charge is 0.461 e. The molecule has 1 unspecified atom stereocenters. The summed E-state index contributed by atoms with van der Waals surface area (Å²) in [4.78, 5) is 13.3. The Morgan fingerprint density at radius 1 is 1.27 bits per heavy atom. The van der Waals surface area contributed by atoms with E-state index in [1.54, 1.807) is 6.92 Å². The van der Waals surface area contributed by atoms with E-state index in [1.165, 1.54) is 10.2 Å². The van der Waals surface area contributed by atoms with Crippen LogP contribution in [0.25, 0.3) is 5.82 Å². The van der Waals surface area contributed by atoms with Gasteiger partial charge in [0.25, 0.3) is 0 Å². The molecule has 3 N–H and O–H groups in total. The number of carbonyl (C=O) groups excluding carboxylic acids is 1. The van der Waals surface area contributed by atoms with Crippen LogP contribution in [0.4, 0.5) is 5.82 Å². The molecule has 1 atom stereocenters. The summed E-state index contributed by atoms with van der Waals surface area (Å²) in [5.74, 6) is -0.292. The Morgan fingerprint density at radius 3 is 2.69 bits per heavy atom. The monoisotopic (exact) mass is 358 g/mol. The average molecular weight is 358 g/mol. The number of ether oxygens (including phenoxy) is 1. The summed E-state index contributed by atoms with van der Waals surface area (Å²) < 4.78 is 11.1. The van der Waals surface area contributed by atoms with Crippen molar-refractivity contribution in [3.05, 3.63) is 47.3 Å². The molecule has 2 heterocycles. The lowest BCUT2D eigenvalue weighted by Crippen LogP contribution is -3.06. The van der Waals surface area contributed by atoms with Gasteiger partial charge in [-0.15, -0.1) is 5.10 Å². The third-order valence-corrected chi connectivity index (χ3v) is 3.75. The third kappa shape index (κ3) is 3.70. The molecule has 3 rings (SSSR count). The minimum Gasteiger partial charge on any atom is -0.461 e. The second-order valence-corrected chi connectivity index (χ2v) is 5.79. The SMILES string of the molecule is CCOC(=O)c1nnn(-c2nonc2N)c1C[NH+](C)Cc1ccccc1. The van der Waals surface area contributed by atoms with E-state index in [0.29, 0.717) is 12.2 Å².